The first-order valence-corrected chi connectivity index (χ1v) is 8.16. The fourth-order valence-electron chi connectivity index (χ4n) is 2.92. The normalized spacial score (nSPS) is 11.6. The number of fused-ring (bicyclic) bond motifs is 1. The molecule has 124 valence electrons. The molecule has 4 nitrogen and oxygen atoms in total. The number of benzene rings is 2. The van der Waals surface area contributed by atoms with Gasteiger partial charge in [0.2, 0.25) is 0 Å². The lowest BCUT2D eigenvalue weighted by Crippen LogP contribution is -2.42. The first-order valence-electron chi connectivity index (χ1n) is 8.16. The second-order valence-electron chi connectivity index (χ2n) is 6.40. The summed E-state index contributed by atoms with van der Waals surface area (Å²) in [6.45, 7) is 9.94. The van der Waals surface area contributed by atoms with Gasteiger partial charge in [-0.3, -0.25) is 9.69 Å². The molecule has 0 unspecified atom stereocenters. The molecule has 0 atom stereocenters. The largest absolute Gasteiger partial charge is 0.507 e. The molecule has 0 aliphatic carbocycles. The van der Waals surface area contributed by atoms with E-state index in [0.29, 0.717) is 24.2 Å². The van der Waals surface area contributed by atoms with Gasteiger partial charge in [0.25, 0.3) is 5.91 Å². The monoisotopic (exact) mass is 314 g/mol. The minimum atomic E-state index is -0.235. The molecule has 2 rings (SSSR count). The number of phenols is 1. The Balaban J connectivity index is 2.05. The van der Waals surface area contributed by atoms with Crippen molar-refractivity contribution in [3.8, 4) is 5.75 Å². The highest BCUT2D eigenvalue weighted by atomic mass is 16.3. The third-order valence-corrected chi connectivity index (χ3v) is 4.09. The zero-order valence-corrected chi connectivity index (χ0v) is 14.3. The van der Waals surface area contributed by atoms with Crippen LogP contribution in [0.25, 0.3) is 10.8 Å². The van der Waals surface area contributed by atoms with Crippen LogP contribution in [0.1, 0.15) is 38.1 Å². The first-order chi connectivity index (χ1) is 10.9. The minimum Gasteiger partial charge on any atom is -0.507 e. The van der Waals surface area contributed by atoms with Crippen molar-refractivity contribution in [3.63, 3.8) is 0 Å². The molecule has 0 fully saturated rings. The van der Waals surface area contributed by atoms with Crippen molar-refractivity contribution in [2.75, 3.05) is 13.1 Å². The Labute approximate surface area is 138 Å². The smallest absolute Gasteiger partial charge is 0.255 e. The summed E-state index contributed by atoms with van der Waals surface area (Å²) >= 11 is 0. The summed E-state index contributed by atoms with van der Waals surface area (Å²) in [7, 11) is 0. The number of aromatic hydroxyl groups is 1. The minimum absolute atomic E-state index is 0.0192. The number of amides is 1. The molecular weight excluding hydrogens is 288 g/mol. The predicted molar refractivity (Wildman–Crippen MR) is 94.9 cm³/mol. The molecule has 4 heteroatoms. The lowest BCUT2D eigenvalue weighted by atomic mass is 10.1. The molecule has 0 radical (unpaired) electrons. The van der Waals surface area contributed by atoms with E-state index in [1.807, 2.05) is 24.3 Å². The van der Waals surface area contributed by atoms with Gasteiger partial charge in [0.15, 0.2) is 0 Å². The fourth-order valence-corrected chi connectivity index (χ4v) is 2.92. The third kappa shape index (κ3) is 4.23. The summed E-state index contributed by atoms with van der Waals surface area (Å²) < 4.78 is 0. The van der Waals surface area contributed by atoms with E-state index in [-0.39, 0.29) is 11.7 Å². The van der Waals surface area contributed by atoms with Crippen molar-refractivity contribution in [1.82, 2.24) is 10.2 Å². The first kappa shape index (κ1) is 17.3. The number of carbonyl (C=O) groups excluding carboxylic acids is 1. The van der Waals surface area contributed by atoms with Gasteiger partial charge in [-0.2, -0.15) is 0 Å². The maximum absolute atomic E-state index is 12.3. The highest BCUT2D eigenvalue weighted by molar-refractivity contribution is 6.01. The van der Waals surface area contributed by atoms with Crippen molar-refractivity contribution < 1.29 is 9.90 Å². The number of carbonyl (C=O) groups is 1. The van der Waals surface area contributed by atoms with Crippen molar-refractivity contribution >= 4 is 16.7 Å². The molecule has 2 N–H and O–H groups in total. The zero-order valence-electron chi connectivity index (χ0n) is 14.3. The Kier molecular flexibility index (Phi) is 5.61. The van der Waals surface area contributed by atoms with E-state index in [1.165, 1.54) is 0 Å². The SMILES string of the molecule is CC(C)N(CCNC(=O)c1cc2ccccc2cc1O)C(C)C. The van der Waals surface area contributed by atoms with Crippen LogP contribution >= 0.6 is 0 Å². The lowest BCUT2D eigenvalue weighted by Gasteiger charge is -2.30. The van der Waals surface area contributed by atoms with Crippen molar-refractivity contribution in [3.05, 3.63) is 42.0 Å². The summed E-state index contributed by atoms with van der Waals surface area (Å²) in [5.41, 5.74) is 0.323. The van der Waals surface area contributed by atoms with Crippen LogP contribution in [0.2, 0.25) is 0 Å². The molecule has 23 heavy (non-hydrogen) atoms. The third-order valence-electron chi connectivity index (χ3n) is 4.09. The molecule has 0 spiro atoms. The maximum Gasteiger partial charge on any atom is 0.255 e. The van der Waals surface area contributed by atoms with Crippen LogP contribution in [0.3, 0.4) is 0 Å². The fraction of sp³-hybridized carbons (Fsp3) is 0.421. The molecule has 0 aromatic heterocycles. The van der Waals surface area contributed by atoms with Crippen molar-refractivity contribution in [1.29, 1.82) is 0 Å². The quantitative estimate of drug-likeness (QED) is 0.859. The van der Waals surface area contributed by atoms with Crippen LogP contribution in [0.5, 0.6) is 5.75 Å². The van der Waals surface area contributed by atoms with E-state index in [1.54, 1.807) is 12.1 Å². The van der Waals surface area contributed by atoms with Gasteiger partial charge < -0.3 is 10.4 Å². The molecule has 0 saturated carbocycles. The summed E-state index contributed by atoms with van der Waals surface area (Å²) in [5.74, 6) is -0.216. The highest BCUT2D eigenvalue weighted by Crippen LogP contribution is 2.24. The van der Waals surface area contributed by atoms with Gasteiger partial charge in [-0.25, -0.2) is 0 Å². The van der Waals surface area contributed by atoms with Crippen molar-refractivity contribution in [2.45, 2.75) is 39.8 Å². The van der Waals surface area contributed by atoms with Gasteiger partial charge in [0.05, 0.1) is 5.56 Å². The lowest BCUT2D eigenvalue weighted by molar-refractivity contribution is 0.0937. The maximum atomic E-state index is 12.3. The van der Waals surface area contributed by atoms with Gasteiger partial charge >= 0.3 is 0 Å². The molecule has 0 aliphatic rings. The molecule has 2 aromatic carbocycles. The van der Waals surface area contributed by atoms with Crippen LogP contribution in [0.15, 0.2) is 36.4 Å². The van der Waals surface area contributed by atoms with E-state index in [4.69, 9.17) is 0 Å². The van der Waals surface area contributed by atoms with Crippen LogP contribution in [-0.2, 0) is 0 Å². The summed E-state index contributed by atoms with van der Waals surface area (Å²) in [6.07, 6.45) is 0. The van der Waals surface area contributed by atoms with Crippen LogP contribution in [0.4, 0.5) is 0 Å². The number of hydrogen-bond acceptors (Lipinski definition) is 3. The summed E-state index contributed by atoms with van der Waals surface area (Å²) in [6, 6.07) is 11.9. The molecular formula is C19H26N2O2. The molecule has 0 heterocycles. The molecule has 1 amide bonds. The Bertz CT molecular complexity index is 672. The zero-order chi connectivity index (χ0) is 17.0. The standard InChI is InChI=1S/C19H26N2O2/c1-13(2)21(14(3)4)10-9-20-19(23)17-11-15-7-5-6-8-16(15)12-18(17)22/h5-8,11-14,22H,9-10H2,1-4H3,(H,20,23). The van der Waals surface area contributed by atoms with Crippen molar-refractivity contribution in [2.24, 2.45) is 0 Å². The van der Waals surface area contributed by atoms with Gasteiger partial charge in [0.1, 0.15) is 5.75 Å². The second kappa shape index (κ2) is 7.47. The van der Waals surface area contributed by atoms with Crippen LogP contribution in [0, 0.1) is 0 Å². The van der Waals surface area contributed by atoms with Gasteiger partial charge in [-0.15, -0.1) is 0 Å². The Morgan fingerprint density at radius 1 is 1.09 bits per heavy atom. The number of nitrogens with zero attached hydrogens (tertiary/aromatic N) is 1. The van der Waals surface area contributed by atoms with Gasteiger partial charge in [-0.1, -0.05) is 24.3 Å². The average Bonchev–Trinajstić information content (AvgIpc) is 2.49. The van der Waals surface area contributed by atoms with Gasteiger partial charge in [-0.05, 0) is 50.6 Å². The predicted octanol–water partition coefficient (Wildman–Crippen LogP) is 3.39. The van der Waals surface area contributed by atoms with Crippen LogP contribution < -0.4 is 5.32 Å². The molecule has 0 aliphatic heterocycles. The van der Waals surface area contributed by atoms with E-state index >= 15 is 0 Å². The molecule has 0 bridgehead atoms. The van der Waals surface area contributed by atoms with E-state index < -0.39 is 0 Å². The number of nitrogens with one attached hydrogen (secondary N) is 1. The Hall–Kier alpha value is -2.07. The highest BCUT2D eigenvalue weighted by Gasteiger charge is 2.15. The second-order valence-corrected chi connectivity index (χ2v) is 6.40. The number of hydrogen-bond donors (Lipinski definition) is 2. The van der Waals surface area contributed by atoms with E-state index in [2.05, 4.69) is 37.9 Å². The number of phenolic OH excluding ortho intramolecular Hbond substituents is 1. The van der Waals surface area contributed by atoms with E-state index in [9.17, 15) is 9.90 Å². The Morgan fingerprint density at radius 3 is 2.22 bits per heavy atom. The summed E-state index contributed by atoms with van der Waals surface area (Å²) in [5, 5.41) is 14.9. The molecule has 0 saturated heterocycles. The topological polar surface area (TPSA) is 52.6 Å². The summed E-state index contributed by atoms with van der Waals surface area (Å²) in [4.78, 5) is 14.7. The number of rotatable bonds is 6. The average molecular weight is 314 g/mol. The van der Waals surface area contributed by atoms with Crippen LogP contribution in [-0.4, -0.2) is 41.1 Å². The van der Waals surface area contributed by atoms with Gasteiger partial charge in [0, 0.05) is 25.2 Å². The van der Waals surface area contributed by atoms with E-state index in [0.717, 1.165) is 17.3 Å². The molecule has 2 aromatic rings. The Morgan fingerprint density at radius 2 is 1.65 bits per heavy atom.